The van der Waals surface area contributed by atoms with E-state index >= 15 is 0 Å². The lowest BCUT2D eigenvalue weighted by Gasteiger charge is -2.41. The molecule has 470 valence electrons. The van der Waals surface area contributed by atoms with E-state index in [9.17, 15) is 35.1 Å². The molecule has 1 aliphatic heterocycles. The van der Waals surface area contributed by atoms with Crippen molar-refractivity contribution in [3.8, 4) is 0 Å². The van der Waals surface area contributed by atoms with Gasteiger partial charge in [-0.25, -0.2) is 0 Å². The number of carbonyl (C=O) groups is 2. The van der Waals surface area contributed by atoms with E-state index in [1.54, 1.807) is 6.08 Å². The molecule has 1 rings (SSSR count). The van der Waals surface area contributed by atoms with Crippen molar-refractivity contribution in [3.05, 3.63) is 72.9 Å². The van der Waals surface area contributed by atoms with Gasteiger partial charge in [-0.2, -0.15) is 0 Å². The Morgan fingerprint density at radius 1 is 0.494 bits per heavy atom. The van der Waals surface area contributed by atoms with Crippen LogP contribution in [-0.2, 0) is 23.8 Å². The van der Waals surface area contributed by atoms with Gasteiger partial charge in [0.25, 0.3) is 0 Å². The highest BCUT2D eigenvalue weighted by atomic mass is 16.7. The van der Waals surface area contributed by atoms with Crippen LogP contribution in [0.15, 0.2) is 72.9 Å². The fourth-order valence-corrected chi connectivity index (χ4v) is 10.4. The molecule has 1 amide bonds. The lowest BCUT2D eigenvalue weighted by molar-refractivity contribution is -0.305. The van der Waals surface area contributed by atoms with Crippen LogP contribution in [0.1, 0.15) is 297 Å². The van der Waals surface area contributed by atoms with E-state index in [1.165, 1.54) is 186 Å². The molecule has 0 aromatic rings. The molecule has 0 saturated carbocycles. The normalized spacial score (nSPS) is 19.1. The molecule has 0 bridgehead atoms. The van der Waals surface area contributed by atoms with Gasteiger partial charge in [0.05, 0.1) is 25.4 Å². The van der Waals surface area contributed by atoms with E-state index in [0.29, 0.717) is 12.8 Å². The maximum absolute atomic E-state index is 13.5. The number of esters is 1. The number of hydrogen-bond acceptors (Lipinski definition) is 10. The highest BCUT2D eigenvalue weighted by Gasteiger charge is 2.47. The highest BCUT2D eigenvalue weighted by molar-refractivity contribution is 5.80. The Kier molecular flexibility index (Phi) is 54.1. The Morgan fingerprint density at radius 2 is 0.889 bits per heavy atom. The first kappa shape index (κ1) is 76.1. The third kappa shape index (κ3) is 45.2. The molecule has 81 heavy (non-hydrogen) atoms. The first-order valence-corrected chi connectivity index (χ1v) is 33.8. The molecule has 11 nitrogen and oxygen atoms in total. The molecular formula is C70H125NO10. The van der Waals surface area contributed by atoms with Gasteiger partial charge in [-0.1, -0.05) is 318 Å². The van der Waals surface area contributed by atoms with Crippen LogP contribution in [0.2, 0.25) is 0 Å². The quantitative estimate of drug-likeness (QED) is 0.0149. The van der Waals surface area contributed by atoms with Crippen LogP contribution >= 0.6 is 0 Å². The van der Waals surface area contributed by atoms with Crippen LogP contribution in [0.25, 0.3) is 0 Å². The van der Waals surface area contributed by atoms with Gasteiger partial charge in [0.15, 0.2) is 12.4 Å². The van der Waals surface area contributed by atoms with Crippen LogP contribution in [0.3, 0.4) is 0 Å². The number of ether oxygens (including phenoxy) is 3. The zero-order valence-corrected chi connectivity index (χ0v) is 52.1. The Bertz CT molecular complexity index is 1590. The largest absolute Gasteiger partial charge is 0.454 e. The molecule has 11 heteroatoms. The first-order valence-electron chi connectivity index (χ1n) is 33.8. The van der Waals surface area contributed by atoms with Crippen molar-refractivity contribution in [2.45, 2.75) is 346 Å². The Hall–Kier alpha value is -2.90. The van der Waals surface area contributed by atoms with E-state index < -0.39 is 67.4 Å². The van der Waals surface area contributed by atoms with E-state index in [1.807, 2.05) is 54.7 Å². The van der Waals surface area contributed by atoms with Crippen molar-refractivity contribution in [2.24, 2.45) is 0 Å². The SMILES string of the molecule is CC/C=C/C=C/C=C\C=C/C=C/CCCCCC(=O)OC1C(OCC(NC(=O)C(O)CCCCCCCCCCCCCCCCCCCCCCCCCCCC)C(O)/C=C/CCCCCCCCCCC)OC(CO)C(O)C1O. The summed E-state index contributed by atoms with van der Waals surface area (Å²) in [5.41, 5.74) is 0. The predicted molar refractivity (Wildman–Crippen MR) is 338 cm³/mol. The lowest BCUT2D eigenvalue weighted by Crippen LogP contribution is -2.61. The van der Waals surface area contributed by atoms with Gasteiger partial charge in [-0.05, 0) is 44.9 Å². The van der Waals surface area contributed by atoms with Crippen molar-refractivity contribution in [2.75, 3.05) is 13.2 Å². The van der Waals surface area contributed by atoms with Gasteiger partial charge in [-0.3, -0.25) is 9.59 Å². The van der Waals surface area contributed by atoms with Gasteiger partial charge in [0, 0.05) is 6.42 Å². The molecule has 1 aliphatic rings. The Morgan fingerprint density at radius 3 is 1.33 bits per heavy atom. The molecule has 0 spiro atoms. The number of aliphatic hydroxyl groups excluding tert-OH is 5. The van der Waals surface area contributed by atoms with Gasteiger partial charge < -0.3 is 45.1 Å². The minimum atomic E-state index is -1.63. The number of unbranched alkanes of at least 4 members (excludes halogenated alkanes) is 37. The summed E-state index contributed by atoms with van der Waals surface area (Å²) in [5.74, 6) is -1.23. The third-order valence-electron chi connectivity index (χ3n) is 15.8. The molecule has 0 aromatic heterocycles. The van der Waals surface area contributed by atoms with Gasteiger partial charge in [0.2, 0.25) is 5.91 Å². The standard InChI is InChI=1S/C70H125NO10/c1-4-7-10-13-16-19-22-24-26-27-28-29-30-31-32-33-34-35-36-38-39-42-45-48-51-54-57-63(74)69(78)71-61(62(73)56-53-50-47-44-41-21-18-15-12-9-6-3)60-79-70-68(67(77)66(76)64(59-72)80-70)81-65(75)58-55-52-49-46-43-40-37-25-23-20-17-14-11-8-5-2/h8,11,14,17,20,23,25,37,40,43,53,56,61-64,66-68,70,72-74,76-77H,4-7,9-10,12-13,15-16,18-19,21-22,24,26-36,38-39,41-42,44-52,54-55,57-60H2,1-3H3,(H,71,78)/b11-8+,17-14+,23-20-,37-25-,43-40+,56-53+. The zero-order valence-electron chi connectivity index (χ0n) is 52.1. The minimum Gasteiger partial charge on any atom is -0.454 e. The van der Waals surface area contributed by atoms with E-state index in [4.69, 9.17) is 14.2 Å². The monoisotopic (exact) mass is 1140 g/mol. The van der Waals surface area contributed by atoms with Gasteiger partial charge in [-0.15, -0.1) is 0 Å². The number of hydrogen-bond donors (Lipinski definition) is 6. The average Bonchev–Trinajstić information content (AvgIpc) is 3.50. The highest BCUT2D eigenvalue weighted by Crippen LogP contribution is 2.26. The van der Waals surface area contributed by atoms with Gasteiger partial charge in [0.1, 0.15) is 24.4 Å². The van der Waals surface area contributed by atoms with E-state index in [0.717, 1.165) is 64.2 Å². The number of amides is 1. The number of carbonyl (C=O) groups excluding carboxylic acids is 2. The molecule has 0 aromatic carbocycles. The van der Waals surface area contributed by atoms with E-state index in [2.05, 4.69) is 38.2 Å². The molecular weight excluding hydrogens is 1010 g/mol. The summed E-state index contributed by atoms with van der Waals surface area (Å²) in [4.78, 5) is 26.6. The number of nitrogens with one attached hydrogen (secondary N) is 1. The second-order valence-corrected chi connectivity index (χ2v) is 23.3. The number of allylic oxidation sites excluding steroid dienone is 11. The zero-order chi connectivity index (χ0) is 58.9. The predicted octanol–water partition coefficient (Wildman–Crippen LogP) is 16.7. The first-order chi connectivity index (χ1) is 39.7. The van der Waals surface area contributed by atoms with Crippen LogP contribution in [0, 0.1) is 0 Å². The molecule has 8 unspecified atom stereocenters. The maximum atomic E-state index is 13.5. The summed E-state index contributed by atoms with van der Waals surface area (Å²) in [7, 11) is 0. The molecule has 0 aliphatic carbocycles. The Balaban J connectivity index is 2.56. The van der Waals surface area contributed by atoms with Crippen molar-refractivity contribution in [3.63, 3.8) is 0 Å². The summed E-state index contributed by atoms with van der Waals surface area (Å²) in [6.45, 7) is 5.64. The average molecular weight is 1140 g/mol. The second-order valence-electron chi connectivity index (χ2n) is 23.3. The molecule has 1 saturated heterocycles. The summed E-state index contributed by atoms with van der Waals surface area (Å²) in [6, 6.07) is -1.03. The minimum absolute atomic E-state index is 0.0730. The molecule has 6 N–H and O–H groups in total. The van der Waals surface area contributed by atoms with Crippen molar-refractivity contribution in [1.82, 2.24) is 5.32 Å². The lowest BCUT2D eigenvalue weighted by atomic mass is 9.99. The fraction of sp³-hybridized carbons (Fsp3) is 0.800. The van der Waals surface area contributed by atoms with Crippen LogP contribution in [-0.4, -0.2) is 99.6 Å². The molecule has 1 heterocycles. The molecule has 1 fully saturated rings. The summed E-state index contributed by atoms with van der Waals surface area (Å²) in [5, 5.41) is 57.0. The fourth-order valence-electron chi connectivity index (χ4n) is 10.4. The summed E-state index contributed by atoms with van der Waals surface area (Å²) >= 11 is 0. The molecule has 8 atom stereocenters. The maximum Gasteiger partial charge on any atom is 0.306 e. The third-order valence-corrected chi connectivity index (χ3v) is 15.8. The van der Waals surface area contributed by atoms with Gasteiger partial charge >= 0.3 is 5.97 Å². The Labute approximate surface area is 496 Å². The van der Waals surface area contributed by atoms with E-state index in [-0.39, 0.29) is 19.4 Å². The van der Waals surface area contributed by atoms with Crippen molar-refractivity contribution >= 4 is 11.9 Å². The summed E-state index contributed by atoms with van der Waals surface area (Å²) in [6.07, 6.45) is 64.0. The topological polar surface area (TPSA) is 175 Å². The number of aliphatic hydroxyl groups is 5. The molecule has 0 radical (unpaired) electrons. The van der Waals surface area contributed by atoms with Crippen LogP contribution in [0.5, 0.6) is 0 Å². The van der Waals surface area contributed by atoms with Crippen molar-refractivity contribution < 1.29 is 49.3 Å². The second kappa shape index (κ2) is 57.5. The summed E-state index contributed by atoms with van der Waals surface area (Å²) < 4.78 is 17.6. The number of rotatable bonds is 57. The van der Waals surface area contributed by atoms with Crippen LogP contribution in [0.4, 0.5) is 0 Å². The van der Waals surface area contributed by atoms with Crippen molar-refractivity contribution in [1.29, 1.82) is 0 Å². The smallest absolute Gasteiger partial charge is 0.306 e. The van der Waals surface area contributed by atoms with Crippen LogP contribution < -0.4 is 5.32 Å².